The lowest BCUT2D eigenvalue weighted by atomic mass is 9.98. The summed E-state index contributed by atoms with van der Waals surface area (Å²) in [5, 5.41) is 3.08. The van der Waals surface area contributed by atoms with Gasteiger partial charge >= 0.3 is 6.18 Å². The van der Waals surface area contributed by atoms with Crippen molar-refractivity contribution in [2.24, 2.45) is 5.92 Å². The van der Waals surface area contributed by atoms with Crippen LogP contribution >= 0.6 is 0 Å². The van der Waals surface area contributed by atoms with Gasteiger partial charge in [0.05, 0.1) is 13.0 Å². The molecule has 0 spiro atoms. The van der Waals surface area contributed by atoms with E-state index in [1.807, 2.05) is 13.8 Å². The molecule has 0 aliphatic rings. The highest BCUT2D eigenvalue weighted by molar-refractivity contribution is 5.19. The van der Waals surface area contributed by atoms with Gasteiger partial charge < -0.3 is 10.1 Å². The van der Waals surface area contributed by atoms with Crippen LogP contribution in [0.15, 0.2) is 30.3 Å². The van der Waals surface area contributed by atoms with Gasteiger partial charge in [-0.1, -0.05) is 44.2 Å². The number of hydrogen-bond acceptors (Lipinski definition) is 2. The number of alkyl halides is 3. The van der Waals surface area contributed by atoms with Crippen LogP contribution in [0.1, 0.15) is 31.9 Å². The first kappa shape index (κ1) is 17.0. The van der Waals surface area contributed by atoms with Crippen LogP contribution in [-0.4, -0.2) is 25.9 Å². The maximum absolute atomic E-state index is 12.8. The molecule has 0 heterocycles. The first-order valence-corrected chi connectivity index (χ1v) is 6.70. The Bertz CT molecular complexity index is 378. The van der Waals surface area contributed by atoms with Crippen molar-refractivity contribution in [3.63, 3.8) is 0 Å². The van der Waals surface area contributed by atoms with Gasteiger partial charge in [0.15, 0.2) is 0 Å². The summed E-state index contributed by atoms with van der Waals surface area (Å²) < 4.78 is 43.4. The number of nitrogens with one attached hydrogen (secondary N) is 1. The quantitative estimate of drug-likeness (QED) is 0.821. The number of benzene rings is 1. The second-order valence-corrected chi connectivity index (χ2v) is 5.26. The normalized spacial score (nSPS) is 15.3. The maximum Gasteiger partial charge on any atom is 0.390 e. The molecule has 1 N–H and O–H groups in total. The third kappa shape index (κ3) is 5.92. The summed E-state index contributed by atoms with van der Waals surface area (Å²) in [4.78, 5) is 0. The van der Waals surface area contributed by atoms with Crippen LogP contribution < -0.4 is 5.32 Å². The van der Waals surface area contributed by atoms with Gasteiger partial charge in [0.25, 0.3) is 0 Å². The molecule has 2 atom stereocenters. The molecule has 2 unspecified atom stereocenters. The molecule has 0 amide bonds. The van der Waals surface area contributed by atoms with Crippen LogP contribution in [0.25, 0.3) is 0 Å². The van der Waals surface area contributed by atoms with Gasteiger partial charge in [0.1, 0.15) is 0 Å². The minimum absolute atomic E-state index is 0.118. The number of methoxy groups -OCH3 is 1. The number of rotatable bonds is 7. The lowest BCUT2D eigenvalue weighted by Gasteiger charge is -2.29. The summed E-state index contributed by atoms with van der Waals surface area (Å²) in [5.41, 5.74) is 0.645. The molecule has 0 aliphatic carbocycles. The van der Waals surface area contributed by atoms with Gasteiger partial charge in [-0.3, -0.25) is 0 Å². The van der Waals surface area contributed by atoms with E-state index in [0.29, 0.717) is 12.2 Å². The molecule has 0 aliphatic heterocycles. The van der Waals surface area contributed by atoms with E-state index in [2.05, 4.69) is 5.32 Å². The molecule has 1 rings (SSSR count). The van der Waals surface area contributed by atoms with E-state index in [9.17, 15) is 13.2 Å². The first-order chi connectivity index (χ1) is 9.33. The van der Waals surface area contributed by atoms with Gasteiger partial charge in [-0.05, 0) is 11.5 Å². The third-order valence-corrected chi connectivity index (χ3v) is 3.20. The van der Waals surface area contributed by atoms with Gasteiger partial charge in [-0.2, -0.15) is 13.2 Å². The zero-order chi connectivity index (χ0) is 15.2. The molecule has 2 nitrogen and oxygen atoms in total. The molecule has 0 fully saturated rings. The minimum atomic E-state index is -4.21. The van der Waals surface area contributed by atoms with E-state index in [0.717, 1.165) is 0 Å². The monoisotopic (exact) mass is 289 g/mol. The molecule has 0 saturated carbocycles. The summed E-state index contributed by atoms with van der Waals surface area (Å²) in [6.45, 7) is 4.32. The average Bonchev–Trinajstić information content (AvgIpc) is 2.36. The fraction of sp³-hybridized carbons (Fsp3) is 0.600. The lowest BCUT2D eigenvalue weighted by molar-refractivity contribution is -0.141. The van der Waals surface area contributed by atoms with E-state index in [4.69, 9.17) is 4.74 Å². The van der Waals surface area contributed by atoms with E-state index in [1.165, 1.54) is 0 Å². The fourth-order valence-electron chi connectivity index (χ4n) is 2.06. The average molecular weight is 289 g/mol. The maximum atomic E-state index is 12.8. The van der Waals surface area contributed by atoms with Crippen LogP contribution in [0.5, 0.6) is 0 Å². The SMILES string of the molecule is COCC(NC(CC(F)(F)F)c1ccccc1)C(C)C. The van der Waals surface area contributed by atoms with Crippen LogP contribution in [0, 0.1) is 5.92 Å². The Kier molecular flexibility index (Phi) is 6.49. The Hall–Kier alpha value is -1.07. The predicted octanol–water partition coefficient (Wildman–Crippen LogP) is 3.94. The zero-order valence-electron chi connectivity index (χ0n) is 12.1. The molecule has 0 saturated heterocycles. The first-order valence-electron chi connectivity index (χ1n) is 6.70. The second-order valence-electron chi connectivity index (χ2n) is 5.26. The van der Waals surface area contributed by atoms with E-state index in [-0.39, 0.29) is 12.0 Å². The fourth-order valence-corrected chi connectivity index (χ4v) is 2.06. The minimum Gasteiger partial charge on any atom is -0.383 e. The Morgan fingerprint density at radius 3 is 2.20 bits per heavy atom. The van der Waals surface area contributed by atoms with Gasteiger partial charge in [0, 0.05) is 19.2 Å². The molecular weight excluding hydrogens is 267 g/mol. The number of ether oxygens (including phenoxy) is 1. The zero-order valence-corrected chi connectivity index (χ0v) is 12.1. The Labute approximate surface area is 118 Å². The smallest absolute Gasteiger partial charge is 0.383 e. The highest BCUT2D eigenvalue weighted by atomic mass is 19.4. The van der Waals surface area contributed by atoms with E-state index < -0.39 is 18.6 Å². The van der Waals surface area contributed by atoms with E-state index >= 15 is 0 Å². The Morgan fingerprint density at radius 2 is 1.75 bits per heavy atom. The van der Waals surface area contributed by atoms with Crippen molar-refractivity contribution >= 4 is 0 Å². The van der Waals surface area contributed by atoms with Crippen molar-refractivity contribution in [1.82, 2.24) is 5.32 Å². The summed E-state index contributed by atoms with van der Waals surface area (Å²) in [7, 11) is 1.55. The highest BCUT2D eigenvalue weighted by Crippen LogP contribution is 2.30. The van der Waals surface area contributed by atoms with Gasteiger partial charge in [-0.25, -0.2) is 0 Å². The van der Waals surface area contributed by atoms with Crippen molar-refractivity contribution in [3.8, 4) is 0 Å². The predicted molar refractivity (Wildman–Crippen MR) is 73.5 cm³/mol. The molecule has 1 aromatic rings. The van der Waals surface area contributed by atoms with E-state index in [1.54, 1.807) is 37.4 Å². The topological polar surface area (TPSA) is 21.3 Å². The van der Waals surface area contributed by atoms with Crippen LogP contribution in [-0.2, 0) is 4.74 Å². The van der Waals surface area contributed by atoms with Crippen LogP contribution in [0.2, 0.25) is 0 Å². The molecule has 0 bridgehead atoms. The van der Waals surface area contributed by atoms with Crippen molar-refractivity contribution in [3.05, 3.63) is 35.9 Å². The molecule has 5 heteroatoms. The molecule has 0 radical (unpaired) electrons. The Morgan fingerprint density at radius 1 is 1.15 bits per heavy atom. The highest BCUT2D eigenvalue weighted by Gasteiger charge is 2.33. The van der Waals surface area contributed by atoms with Crippen LogP contribution in [0.4, 0.5) is 13.2 Å². The molecule has 1 aromatic carbocycles. The van der Waals surface area contributed by atoms with Crippen LogP contribution in [0.3, 0.4) is 0 Å². The lowest BCUT2D eigenvalue weighted by Crippen LogP contribution is -2.41. The third-order valence-electron chi connectivity index (χ3n) is 3.20. The van der Waals surface area contributed by atoms with Crippen molar-refractivity contribution in [2.45, 2.75) is 38.5 Å². The molecule has 20 heavy (non-hydrogen) atoms. The summed E-state index contributed by atoms with van der Waals surface area (Å²) in [5.74, 6) is 0.189. The Balaban J connectivity index is 2.87. The van der Waals surface area contributed by atoms with Crippen molar-refractivity contribution in [2.75, 3.05) is 13.7 Å². The number of halogens is 3. The number of hydrogen-bond donors (Lipinski definition) is 1. The van der Waals surface area contributed by atoms with Gasteiger partial charge in [-0.15, -0.1) is 0 Å². The van der Waals surface area contributed by atoms with Gasteiger partial charge in [0.2, 0.25) is 0 Å². The summed E-state index contributed by atoms with van der Waals surface area (Å²) in [6.07, 6.45) is -5.09. The molecular formula is C15H22F3NO. The van der Waals surface area contributed by atoms with Crippen molar-refractivity contribution < 1.29 is 17.9 Å². The molecule has 0 aromatic heterocycles. The molecule has 114 valence electrons. The summed E-state index contributed by atoms with van der Waals surface area (Å²) >= 11 is 0. The summed E-state index contributed by atoms with van der Waals surface area (Å²) in [6, 6.07) is 7.86. The van der Waals surface area contributed by atoms with Crippen molar-refractivity contribution in [1.29, 1.82) is 0 Å². The standard InChI is InChI=1S/C15H22F3NO/c1-11(2)14(10-20-3)19-13(9-15(16,17)18)12-7-5-4-6-8-12/h4-8,11,13-14,19H,9-10H2,1-3H3. The largest absolute Gasteiger partial charge is 0.390 e. The second kappa shape index (κ2) is 7.64.